The van der Waals surface area contributed by atoms with E-state index in [2.05, 4.69) is 5.32 Å². The first kappa shape index (κ1) is 20.7. The Hall–Kier alpha value is -1.63. The third-order valence-electron chi connectivity index (χ3n) is 4.93. The number of hydrogen-bond acceptors (Lipinski definition) is 4. The van der Waals surface area contributed by atoms with Gasteiger partial charge in [0.15, 0.2) is 6.10 Å². The second-order valence-electron chi connectivity index (χ2n) is 6.59. The molecule has 26 heavy (non-hydrogen) atoms. The molecule has 0 aliphatic carbocycles. The third kappa shape index (κ3) is 4.75. The largest absolute Gasteiger partial charge is 0.364 e. The van der Waals surface area contributed by atoms with E-state index in [1.54, 1.807) is 0 Å². The van der Waals surface area contributed by atoms with Crippen LogP contribution in [-0.2, 0) is 14.3 Å². The number of likely N-dealkylation sites (tertiary alicyclic amines) is 1. The van der Waals surface area contributed by atoms with Crippen molar-refractivity contribution < 1.29 is 14.3 Å². The Balaban J connectivity index is 0.00000243. The van der Waals surface area contributed by atoms with Gasteiger partial charge in [0.25, 0.3) is 5.91 Å². The Kier molecular flexibility index (Phi) is 7.87. The quantitative estimate of drug-likeness (QED) is 0.841. The molecule has 2 saturated heterocycles. The number of carbonyl (C=O) groups excluding carboxylic acids is 2. The number of hydrogen-bond donors (Lipinski definition) is 1. The van der Waals surface area contributed by atoms with E-state index < -0.39 is 6.10 Å². The number of rotatable bonds is 5. The van der Waals surface area contributed by atoms with Gasteiger partial charge in [-0.15, -0.1) is 12.4 Å². The Morgan fingerprint density at radius 3 is 2.77 bits per heavy atom. The van der Waals surface area contributed by atoms with Gasteiger partial charge in [-0.2, -0.15) is 0 Å². The van der Waals surface area contributed by atoms with Crippen LogP contribution in [0.2, 0.25) is 0 Å². The van der Waals surface area contributed by atoms with Gasteiger partial charge in [0.05, 0.1) is 6.54 Å². The van der Waals surface area contributed by atoms with E-state index in [0.29, 0.717) is 19.7 Å². The maximum absolute atomic E-state index is 13.1. The lowest BCUT2D eigenvalue weighted by atomic mass is 10.0. The van der Waals surface area contributed by atoms with Crippen molar-refractivity contribution in [2.45, 2.75) is 31.9 Å². The first-order valence-electron chi connectivity index (χ1n) is 9.16. The van der Waals surface area contributed by atoms with Crippen LogP contribution in [0.4, 0.5) is 0 Å². The van der Waals surface area contributed by atoms with Crippen molar-refractivity contribution in [2.75, 3.05) is 39.3 Å². The number of amides is 2. The maximum Gasteiger partial charge on any atom is 0.256 e. The Labute approximate surface area is 161 Å². The second kappa shape index (κ2) is 9.90. The molecule has 6 nitrogen and oxygen atoms in total. The standard InChI is InChI=1S/C19H27N3O3.ClH/c1-2-25-18(15-7-4-3-5-8-15)19(24)21-11-6-9-16(14-21)22-12-10-20-13-17(22)23;/h3-5,7-8,16,18,20H,2,6,9-14H2,1H3;1H. The molecule has 1 aromatic carbocycles. The van der Waals surface area contributed by atoms with E-state index in [0.717, 1.165) is 38.0 Å². The zero-order chi connectivity index (χ0) is 17.6. The lowest BCUT2D eigenvalue weighted by Crippen LogP contribution is -2.58. The SMILES string of the molecule is CCOC(C(=O)N1CCCC(N2CCNCC2=O)C1)c1ccccc1.Cl. The molecule has 2 unspecified atom stereocenters. The average Bonchev–Trinajstić information content (AvgIpc) is 2.67. The van der Waals surface area contributed by atoms with Crippen LogP contribution in [-0.4, -0.2) is 67.0 Å². The summed E-state index contributed by atoms with van der Waals surface area (Å²) in [6, 6.07) is 9.76. The number of benzene rings is 1. The highest BCUT2D eigenvalue weighted by Crippen LogP contribution is 2.24. The molecule has 3 rings (SSSR count). The van der Waals surface area contributed by atoms with Crippen LogP contribution >= 0.6 is 12.4 Å². The van der Waals surface area contributed by atoms with E-state index in [9.17, 15) is 9.59 Å². The lowest BCUT2D eigenvalue weighted by Gasteiger charge is -2.41. The van der Waals surface area contributed by atoms with Gasteiger partial charge in [-0.05, 0) is 25.3 Å². The number of piperidine rings is 1. The molecule has 144 valence electrons. The zero-order valence-electron chi connectivity index (χ0n) is 15.2. The summed E-state index contributed by atoms with van der Waals surface area (Å²) >= 11 is 0. The van der Waals surface area contributed by atoms with Crippen LogP contribution in [0.3, 0.4) is 0 Å². The summed E-state index contributed by atoms with van der Waals surface area (Å²) in [6.45, 7) is 5.66. The molecule has 0 saturated carbocycles. The first-order valence-corrected chi connectivity index (χ1v) is 9.16. The van der Waals surface area contributed by atoms with Gasteiger partial charge in [0.1, 0.15) is 0 Å². The van der Waals surface area contributed by atoms with Gasteiger partial charge < -0.3 is 19.9 Å². The van der Waals surface area contributed by atoms with Gasteiger partial charge in [-0.25, -0.2) is 0 Å². The number of piperazine rings is 1. The second-order valence-corrected chi connectivity index (χ2v) is 6.59. The van der Waals surface area contributed by atoms with Crippen molar-refractivity contribution >= 4 is 24.2 Å². The van der Waals surface area contributed by atoms with Crippen molar-refractivity contribution in [3.05, 3.63) is 35.9 Å². The van der Waals surface area contributed by atoms with Gasteiger partial charge in [-0.3, -0.25) is 9.59 Å². The molecule has 0 radical (unpaired) electrons. The third-order valence-corrected chi connectivity index (χ3v) is 4.93. The van der Waals surface area contributed by atoms with Crippen LogP contribution in [0.5, 0.6) is 0 Å². The molecule has 0 bridgehead atoms. The topological polar surface area (TPSA) is 61.9 Å². The van der Waals surface area contributed by atoms with Gasteiger partial charge in [-0.1, -0.05) is 30.3 Å². The minimum atomic E-state index is -0.566. The fraction of sp³-hybridized carbons (Fsp3) is 0.579. The molecule has 7 heteroatoms. The predicted molar refractivity (Wildman–Crippen MR) is 102 cm³/mol. The smallest absolute Gasteiger partial charge is 0.256 e. The molecular formula is C19H28ClN3O3. The highest BCUT2D eigenvalue weighted by atomic mass is 35.5. The number of carbonyl (C=O) groups is 2. The Morgan fingerprint density at radius 2 is 2.08 bits per heavy atom. The molecule has 2 atom stereocenters. The molecule has 1 N–H and O–H groups in total. The zero-order valence-corrected chi connectivity index (χ0v) is 16.0. The minimum absolute atomic E-state index is 0. The van der Waals surface area contributed by atoms with Crippen LogP contribution in [0.1, 0.15) is 31.4 Å². The van der Waals surface area contributed by atoms with Crippen LogP contribution < -0.4 is 5.32 Å². The van der Waals surface area contributed by atoms with E-state index in [1.165, 1.54) is 0 Å². The summed E-state index contributed by atoms with van der Waals surface area (Å²) in [5.41, 5.74) is 0.884. The summed E-state index contributed by atoms with van der Waals surface area (Å²) < 4.78 is 5.76. The molecule has 2 amide bonds. The summed E-state index contributed by atoms with van der Waals surface area (Å²) in [4.78, 5) is 29.1. The van der Waals surface area contributed by atoms with Crippen LogP contribution in [0.25, 0.3) is 0 Å². The predicted octanol–water partition coefficient (Wildman–Crippen LogP) is 1.61. The van der Waals surface area contributed by atoms with Crippen molar-refractivity contribution in [2.24, 2.45) is 0 Å². The summed E-state index contributed by atoms with van der Waals surface area (Å²) in [5.74, 6) is 0.135. The van der Waals surface area contributed by atoms with Crippen LogP contribution in [0, 0.1) is 0 Å². The maximum atomic E-state index is 13.1. The van der Waals surface area contributed by atoms with Crippen molar-refractivity contribution in [1.29, 1.82) is 0 Å². The van der Waals surface area contributed by atoms with Crippen LogP contribution in [0.15, 0.2) is 30.3 Å². The van der Waals surface area contributed by atoms with E-state index in [1.807, 2.05) is 47.1 Å². The monoisotopic (exact) mass is 381 g/mol. The lowest BCUT2D eigenvalue weighted by molar-refractivity contribution is -0.148. The summed E-state index contributed by atoms with van der Waals surface area (Å²) in [7, 11) is 0. The van der Waals surface area contributed by atoms with Crippen molar-refractivity contribution in [3.8, 4) is 0 Å². The highest BCUT2D eigenvalue weighted by molar-refractivity contribution is 5.85. The molecule has 2 heterocycles. The van der Waals surface area contributed by atoms with E-state index in [-0.39, 0.29) is 30.3 Å². The molecule has 2 fully saturated rings. The van der Waals surface area contributed by atoms with Gasteiger partial charge >= 0.3 is 0 Å². The number of ether oxygens (including phenoxy) is 1. The first-order chi connectivity index (χ1) is 12.2. The molecule has 2 aliphatic heterocycles. The minimum Gasteiger partial charge on any atom is -0.364 e. The highest BCUT2D eigenvalue weighted by Gasteiger charge is 2.34. The molecule has 1 aromatic rings. The fourth-order valence-corrected chi connectivity index (χ4v) is 3.69. The van der Waals surface area contributed by atoms with Gasteiger partial charge in [0, 0.05) is 38.8 Å². The molecule has 2 aliphatic rings. The molecule has 0 spiro atoms. The Morgan fingerprint density at radius 1 is 1.31 bits per heavy atom. The van der Waals surface area contributed by atoms with E-state index in [4.69, 9.17) is 4.74 Å². The Bertz CT molecular complexity index is 599. The van der Waals surface area contributed by atoms with Crippen molar-refractivity contribution in [3.63, 3.8) is 0 Å². The van der Waals surface area contributed by atoms with Gasteiger partial charge in [0.2, 0.25) is 5.91 Å². The van der Waals surface area contributed by atoms with E-state index >= 15 is 0 Å². The molecular weight excluding hydrogens is 354 g/mol. The number of nitrogens with zero attached hydrogens (tertiary/aromatic N) is 2. The number of halogens is 1. The summed E-state index contributed by atoms with van der Waals surface area (Å²) in [6.07, 6.45) is 1.31. The fourth-order valence-electron chi connectivity index (χ4n) is 3.69. The average molecular weight is 382 g/mol. The summed E-state index contributed by atoms with van der Waals surface area (Å²) in [5, 5.41) is 3.10. The number of nitrogens with one attached hydrogen (secondary N) is 1. The normalized spacial score (nSPS) is 21.9. The van der Waals surface area contributed by atoms with Crippen molar-refractivity contribution in [1.82, 2.24) is 15.1 Å². The molecule has 0 aromatic heterocycles.